The summed E-state index contributed by atoms with van der Waals surface area (Å²) < 4.78 is 0. The predicted molar refractivity (Wildman–Crippen MR) is 302 cm³/mol. The van der Waals surface area contributed by atoms with Crippen LogP contribution in [0.1, 0.15) is 22.3 Å². The van der Waals surface area contributed by atoms with Crippen LogP contribution in [0, 0.1) is 0 Å². The Kier molecular flexibility index (Phi) is 7.91. The van der Waals surface area contributed by atoms with Crippen molar-refractivity contribution >= 4 is 75.4 Å². The third kappa shape index (κ3) is 5.08. The predicted octanol–water partition coefficient (Wildman–Crippen LogP) is 19.1. The number of hydrogen-bond acceptors (Lipinski definition) is 0. The summed E-state index contributed by atoms with van der Waals surface area (Å²) in [6.45, 7) is 0. The summed E-state index contributed by atoms with van der Waals surface area (Å²) in [7, 11) is 0. The van der Waals surface area contributed by atoms with Gasteiger partial charge >= 0.3 is 0 Å². The summed E-state index contributed by atoms with van der Waals surface area (Å²) in [5, 5.41) is 17.9. The fourth-order valence-electron chi connectivity index (χ4n) is 13.7. The van der Waals surface area contributed by atoms with Crippen molar-refractivity contribution in [3.63, 3.8) is 0 Å². The van der Waals surface area contributed by atoms with Crippen molar-refractivity contribution in [1.29, 1.82) is 0 Å². The van der Waals surface area contributed by atoms with Gasteiger partial charge in [0.05, 0.1) is 5.41 Å². The highest BCUT2D eigenvalue weighted by Crippen LogP contribution is 2.67. The van der Waals surface area contributed by atoms with Crippen molar-refractivity contribution in [3.05, 3.63) is 277 Å². The van der Waals surface area contributed by atoms with Crippen LogP contribution in [0.4, 0.5) is 0 Å². The van der Waals surface area contributed by atoms with Crippen molar-refractivity contribution in [2.45, 2.75) is 5.41 Å². The van der Waals surface area contributed by atoms with E-state index in [2.05, 4.69) is 255 Å². The molecule has 0 fully saturated rings. The van der Waals surface area contributed by atoms with Crippen LogP contribution in [0.15, 0.2) is 255 Å². The summed E-state index contributed by atoms with van der Waals surface area (Å²) in [5.74, 6) is 0. The first-order chi connectivity index (χ1) is 35.3. The van der Waals surface area contributed by atoms with Gasteiger partial charge in [-0.1, -0.05) is 237 Å². The van der Waals surface area contributed by atoms with Crippen LogP contribution in [0.5, 0.6) is 0 Å². The highest BCUT2D eigenvalue weighted by Gasteiger charge is 2.53. The summed E-state index contributed by atoms with van der Waals surface area (Å²) in [5.41, 5.74) is 17.7. The first kappa shape index (κ1) is 38.8. The smallest absolute Gasteiger partial charge is 0.0619 e. The lowest BCUT2D eigenvalue weighted by Gasteiger charge is -2.32. The van der Waals surface area contributed by atoms with Gasteiger partial charge in [-0.15, -0.1) is 0 Å². The van der Waals surface area contributed by atoms with Crippen molar-refractivity contribution < 1.29 is 0 Å². The third-order valence-corrected chi connectivity index (χ3v) is 16.4. The molecule has 0 amide bonds. The minimum atomic E-state index is -0.549. The molecule has 326 valence electrons. The van der Waals surface area contributed by atoms with Crippen LogP contribution >= 0.6 is 0 Å². The first-order valence-corrected chi connectivity index (χ1v) is 24.9. The van der Waals surface area contributed by atoms with Crippen LogP contribution in [0.3, 0.4) is 0 Å². The monoisotopic (exact) mass is 894 g/mol. The summed E-state index contributed by atoms with van der Waals surface area (Å²) in [6, 6.07) is 96.3. The lowest BCUT2D eigenvalue weighted by Crippen LogP contribution is -2.26. The Morgan fingerprint density at radius 2 is 0.606 bits per heavy atom. The minimum absolute atomic E-state index is 0.549. The molecule has 0 saturated carbocycles. The average Bonchev–Trinajstić information content (AvgIpc) is 3.92. The molecule has 0 heteroatoms. The highest BCUT2D eigenvalue weighted by atomic mass is 14.5. The van der Waals surface area contributed by atoms with Gasteiger partial charge in [-0.3, -0.25) is 0 Å². The molecule has 14 aromatic rings. The van der Waals surface area contributed by atoms with Gasteiger partial charge in [-0.05, 0) is 171 Å². The first-order valence-electron chi connectivity index (χ1n) is 24.9. The Morgan fingerprint density at radius 1 is 0.197 bits per heavy atom. The molecule has 0 bridgehead atoms. The van der Waals surface area contributed by atoms with Crippen LogP contribution in [0.2, 0.25) is 0 Å². The third-order valence-electron chi connectivity index (χ3n) is 16.4. The Balaban J connectivity index is 0.998. The Bertz CT molecular complexity index is 4540. The molecule has 0 heterocycles. The second-order valence-corrected chi connectivity index (χ2v) is 19.7. The second kappa shape index (κ2) is 14.5. The summed E-state index contributed by atoms with van der Waals surface area (Å²) in [6.07, 6.45) is 0. The Morgan fingerprint density at radius 3 is 1.21 bits per heavy atom. The van der Waals surface area contributed by atoms with E-state index < -0.39 is 5.41 Å². The van der Waals surface area contributed by atoms with Crippen molar-refractivity contribution in [3.8, 4) is 55.6 Å². The molecule has 0 aromatic heterocycles. The topological polar surface area (TPSA) is 0 Å². The summed E-state index contributed by atoms with van der Waals surface area (Å²) in [4.78, 5) is 0. The van der Waals surface area contributed by atoms with Gasteiger partial charge in [0.15, 0.2) is 0 Å². The molecule has 0 nitrogen and oxygen atoms in total. The molecule has 2 aliphatic rings. The van der Waals surface area contributed by atoms with E-state index in [1.165, 1.54) is 153 Å². The van der Waals surface area contributed by atoms with Crippen LogP contribution in [-0.2, 0) is 5.41 Å². The lowest BCUT2D eigenvalue weighted by atomic mass is 9.68. The summed E-state index contributed by atoms with van der Waals surface area (Å²) >= 11 is 0. The average molecular weight is 895 g/mol. The molecule has 2 aliphatic carbocycles. The van der Waals surface area contributed by atoms with Gasteiger partial charge in [0.1, 0.15) is 0 Å². The van der Waals surface area contributed by atoms with E-state index in [9.17, 15) is 0 Å². The molecule has 71 heavy (non-hydrogen) atoms. The Hall–Kier alpha value is -9.10. The van der Waals surface area contributed by atoms with E-state index in [0.717, 1.165) is 0 Å². The fraction of sp³-hybridized carbons (Fsp3) is 0.0141. The molecular weight excluding hydrogens is 853 g/mol. The van der Waals surface area contributed by atoms with E-state index >= 15 is 0 Å². The van der Waals surface area contributed by atoms with Gasteiger partial charge in [-0.25, -0.2) is 0 Å². The molecule has 0 saturated heterocycles. The quantitative estimate of drug-likeness (QED) is 0.122. The zero-order chi connectivity index (χ0) is 46.4. The van der Waals surface area contributed by atoms with Crippen molar-refractivity contribution in [1.82, 2.24) is 0 Å². The molecule has 0 atom stereocenters. The minimum Gasteiger partial charge on any atom is -0.0619 e. The standard InChI is InChI=1S/C71H42/c1-2-23-46-44(20-1)41-62(50-27-4-3-24-47(46)50)67-58-35-12-10-33-56(58)66(57-34-11-13-36-59(57)67)45-22-19-21-43(40-45)61-42-65-68(54-31-8-6-28-51(54)61)69-55-32-9-5-25-48(55)49-26-7-14-37-60(49)70(69)71(65)63-38-17-15-29-52(63)53-30-16-18-39-64(53)71/h1-42H. The van der Waals surface area contributed by atoms with Gasteiger partial charge in [0.2, 0.25) is 0 Å². The molecule has 0 N–H and O–H groups in total. The van der Waals surface area contributed by atoms with E-state index in [1.807, 2.05) is 0 Å². The highest BCUT2D eigenvalue weighted by molar-refractivity contribution is 6.27. The zero-order valence-electron chi connectivity index (χ0n) is 38.7. The molecule has 0 unspecified atom stereocenters. The molecule has 1 spiro atoms. The zero-order valence-corrected chi connectivity index (χ0v) is 38.7. The lowest BCUT2D eigenvalue weighted by molar-refractivity contribution is 0.803. The molecule has 16 rings (SSSR count). The van der Waals surface area contributed by atoms with Crippen LogP contribution in [0.25, 0.3) is 131 Å². The molecule has 0 radical (unpaired) electrons. The van der Waals surface area contributed by atoms with Crippen molar-refractivity contribution in [2.75, 3.05) is 0 Å². The van der Waals surface area contributed by atoms with E-state index in [0.29, 0.717) is 0 Å². The number of benzene rings is 14. The molecule has 0 aliphatic heterocycles. The largest absolute Gasteiger partial charge is 0.0732 e. The maximum atomic E-state index is 2.60. The normalized spacial score (nSPS) is 13.2. The van der Waals surface area contributed by atoms with Gasteiger partial charge in [0, 0.05) is 0 Å². The van der Waals surface area contributed by atoms with Crippen LogP contribution < -0.4 is 0 Å². The van der Waals surface area contributed by atoms with E-state index in [-0.39, 0.29) is 0 Å². The van der Waals surface area contributed by atoms with Crippen LogP contribution in [-0.4, -0.2) is 0 Å². The van der Waals surface area contributed by atoms with Gasteiger partial charge < -0.3 is 0 Å². The number of rotatable bonds is 3. The molecule has 14 aromatic carbocycles. The Labute approximate surface area is 411 Å². The number of hydrogen-bond donors (Lipinski definition) is 0. The van der Waals surface area contributed by atoms with E-state index in [4.69, 9.17) is 0 Å². The number of fused-ring (bicyclic) bond motifs is 22. The maximum absolute atomic E-state index is 2.60. The van der Waals surface area contributed by atoms with E-state index in [1.54, 1.807) is 0 Å². The fourth-order valence-corrected chi connectivity index (χ4v) is 13.7. The van der Waals surface area contributed by atoms with Gasteiger partial charge in [0.25, 0.3) is 0 Å². The second-order valence-electron chi connectivity index (χ2n) is 19.7. The maximum Gasteiger partial charge on any atom is 0.0732 e. The molecular formula is C71H42. The SMILES string of the molecule is c1cc(-c2cc3c(c4ccccc24)-c2c(c4ccccc4c4ccccc24)C32c3ccccc3-c3ccccc32)cc(-c2c3ccccc3c(-c3cc4ccccc4c4ccccc34)c3ccccc23)c1. The van der Waals surface area contributed by atoms with Gasteiger partial charge in [-0.2, -0.15) is 0 Å². The van der Waals surface area contributed by atoms with Crippen molar-refractivity contribution in [2.24, 2.45) is 0 Å².